The second kappa shape index (κ2) is 7.38. The first-order valence-electron chi connectivity index (χ1n) is 6.88. The molecule has 2 rings (SSSR count). The monoisotopic (exact) mass is 347 g/mol. The highest BCUT2D eigenvalue weighted by Gasteiger charge is 2.11. The van der Waals surface area contributed by atoms with Crippen molar-refractivity contribution in [3.8, 4) is 0 Å². The van der Waals surface area contributed by atoms with Gasteiger partial charge in [0.15, 0.2) is 0 Å². The molecule has 0 aliphatic carbocycles. The number of amides is 1. The summed E-state index contributed by atoms with van der Waals surface area (Å²) < 4.78 is 0.818. The van der Waals surface area contributed by atoms with Gasteiger partial charge >= 0.3 is 0 Å². The first-order chi connectivity index (χ1) is 10.1. The zero-order valence-electron chi connectivity index (χ0n) is 11.9. The Kier molecular flexibility index (Phi) is 5.53. The molecule has 21 heavy (non-hydrogen) atoms. The summed E-state index contributed by atoms with van der Waals surface area (Å²) in [7, 11) is 0. The van der Waals surface area contributed by atoms with Gasteiger partial charge < -0.3 is 10.4 Å². The molecule has 2 aromatic rings. The van der Waals surface area contributed by atoms with E-state index in [2.05, 4.69) is 21.2 Å². The van der Waals surface area contributed by atoms with Crippen LogP contribution in [0, 0.1) is 6.92 Å². The zero-order chi connectivity index (χ0) is 15.2. The van der Waals surface area contributed by atoms with E-state index in [0.717, 1.165) is 34.1 Å². The fourth-order valence-corrected chi connectivity index (χ4v) is 2.55. The second-order valence-corrected chi connectivity index (χ2v) is 5.71. The van der Waals surface area contributed by atoms with Gasteiger partial charge in [0.25, 0.3) is 5.91 Å². The molecule has 0 spiro atoms. The summed E-state index contributed by atoms with van der Waals surface area (Å²) in [6.45, 7) is 2.13. The van der Waals surface area contributed by atoms with Crippen LogP contribution in [0.2, 0.25) is 0 Å². The van der Waals surface area contributed by atoms with E-state index in [1.807, 2.05) is 43.3 Å². The molecule has 0 heterocycles. The number of nitrogens with one attached hydrogen (secondary N) is 1. The number of halogens is 1. The lowest BCUT2D eigenvalue weighted by Crippen LogP contribution is -2.13. The molecular weight excluding hydrogens is 330 g/mol. The van der Waals surface area contributed by atoms with Crippen molar-refractivity contribution in [3.63, 3.8) is 0 Å². The Morgan fingerprint density at radius 2 is 2.00 bits per heavy atom. The van der Waals surface area contributed by atoms with Gasteiger partial charge in [0.05, 0.1) is 5.56 Å². The van der Waals surface area contributed by atoms with Gasteiger partial charge in [0, 0.05) is 16.8 Å². The lowest BCUT2D eigenvalue weighted by molar-refractivity contribution is 0.102. The quantitative estimate of drug-likeness (QED) is 0.860. The van der Waals surface area contributed by atoms with Gasteiger partial charge in [-0.05, 0) is 65.0 Å². The molecule has 1 amide bonds. The van der Waals surface area contributed by atoms with Gasteiger partial charge in [0.1, 0.15) is 0 Å². The SMILES string of the molecule is Cc1cccc(C(=O)Nc2cccc(CCCO)c2)c1Br. The Morgan fingerprint density at radius 1 is 1.24 bits per heavy atom. The topological polar surface area (TPSA) is 49.3 Å². The molecule has 0 aliphatic rings. The Bertz CT molecular complexity index is 640. The summed E-state index contributed by atoms with van der Waals surface area (Å²) in [5, 5.41) is 11.8. The average Bonchev–Trinajstić information content (AvgIpc) is 2.48. The molecule has 0 radical (unpaired) electrons. The highest BCUT2D eigenvalue weighted by atomic mass is 79.9. The summed E-state index contributed by atoms with van der Waals surface area (Å²) in [5.74, 6) is -0.134. The van der Waals surface area contributed by atoms with E-state index in [4.69, 9.17) is 5.11 Å². The molecule has 0 unspecified atom stereocenters. The number of anilines is 1. The second-order valence-electron chi connectivity index (χ2n) is 4.92. The molecule has 0 aromatic heterocycles. The molecule has 0 atom stereocenters. The van der Waals surface area contributed by atoms with Crippen molar-refractivity contribution in [2.45, 2.75) is 19.8 Å². The fourth-order valence-electron chi connectivity index (χ4n) is 2.11. The third-order valence-corrected chi connectivity index (χ3v) is 4.30. The van der Waals surface area contributed by atoms with Gasteiger partial charge in [-0.15, -0.1) is 0 Å². The predicted octanol–water partition coefficient (Wildman–Crippen LogP) is 3.93. The van der Waals surface area contributed by atoms with E-state index in [-0.39, 0.29) is 12.5 Å². The maximum Gasteiger partial charge on any atom is 0.256 e. The van der Waals surface area contributed by atoms with Gasteiger partial charge in [-0.3, -0.25) is 4.79 Å². The van der Waals surface area contributed by atoms with Crippen molar-refractivity contribution in [1.29, 1.82) is 0 Å². The smallest absolute Gasteiger partial charge is 0.256 e. The van der Waals surface area contributed by atoms with Gasteiger partial charge in [-0.2, -0.15) is 0 Å². The number of carbonyl (C=O) groups excluding carboxylic acids is 1. The molecule has 0 saturated heterocycles. The third-order valence-electron chi connectivity index (χ3n) is 3.24. The van der Waals surface area contributed by atoms with E-state index < -0.39 is 0 Å². The standard InChI is InChI=1S/C17H18BrNO2/c1-12-5-2-9-15(16(12)18)17(21)19-14-8-3-6-13(11-14)7-4-10-20/h2-3,5-6,8-9,11,20H,4,7,10H2,1H3,(H,19,21). The largest absolute Gasteiger partial charge is 0.396 e. The summed E-state index contributed by atoms with van der Waals surface area (Å²) >= 11 is 3.45. The minimum Gasteiger partial charge on any atom is -0.396 e. The van der Waals surface area contributed by atoms with E-state index in [1.165, 1.54) is 0 Å². The van der Waals surface area contributed by atoms with Gasteiger partial charge in [0.2, 0.25) is 0 Å². The number of aliphatic hydroxyl groups excluding tert-OH is 1. The Labute approximate surface area is 133 Å². The molecule has 110 valence electrons. The Hall–Kier alpha value is -1.65. The van der Waals surface area contributed by atoms with Crippen LogP contribution in [0.5, 0.6) is 0 Å². The summed E-state index contributed by atoms with van der Waals surface area (Å²) in [6.07, 6.45) is 1.52. The van der Waals surface area contributed by atoms with Crippen LogP contribution in [0.4, 0.5) is 5.69 Å². The number of hydrogen-bond acceptors (Lipinski definition) is 2. The van der Waals surface area contributed by atoms with Crippen LogP contribution in [0.1, 0.15) is 27.9 Å². The molecule has 0 fully saturated rings. The summed E-state index contributed by atoms with van der Waals surface area (Å²) in [4.78, 5) is 12.3. The molecule has 4 heteroatoms. The van der Waals surface area contributed by atoms with Gasteiger partial charge in [-0.25, -0.2) is 0 Å². The summed E-state index contributed by atoms with van der Waals surface area (Å²) in [6, 6.07) is 13.3. The van der Waals surface area contributed by atoms with Crippen molar-refractivity contribution in [3.05, 3.63) is 63.6 Å². The van der Waals surface area contributed by atoms with Crippen LogP contribution in [0.15, 0.2) is 46.9 Å². The molecule has 0 bridgehead atoms. The molecule has 3 nitrogen and oxygen atoms in total. The number of carbonyl (C=O) groups is 1. The molecule has 0 aliphatic heterocycles. The maximum absolute atomic E-state index is 12.3. The lowest BCUT2D eigenvalue weighted by atomic mass is 10.1. The first-order valence-corrected chi connectivity index (χ1v) is 7.67. The average molecular weight is 348 g/mol. The van der Waals surface area contributed by atoms with Crippen molar-refractivity contribution in [2.24, 2.45) is 0 Å². The van der Waals surface area contributed by atoms with Crippen molar-refractivity contribution in [2.75, 3.05) is 11.9 Å². The predicted molar refractivity (Wildman–Crippen MR) is 88.7 cm³/mol. The number of benzene rings is 2. The fraction of sp³-hybridized carbons (Fsp3) is 0.235. The van der Waals surface area contributed by atoms with Crippen LogP contribution >= 0.6 is 15.9 Å². The van der Waals surface area contributed by atoms with Gasteiger partial charge in [-0.1, -0.05) is 24.3 Å². The minimum absolute atomic E-state index is 0.134. The van der Waals surface area contributed by atoms with Crippen LogP contribution < -0.4 is 5.32 Å². The highest BCUT2D eigenvalue weighted by Crippen LogP contribution is 2.22. The lowest BCUT2D eigenvalue weighted by Gasteiger charge is -2.09. The Balaban J connectivity index is 2.14. The van der Waals surface area contributed by atoms with Crippen molar-refractivity contribution >= 4 is 27.5 Å². The van der Waals surface area contributed by atoms with Crippen LogP contribution in [-0.2, 0) is 6.42 Å². The minimum atomic E-state index is -0.134. The molecule has 0 saturated carbocycles. The molecule has 2 aromatic carbocycles. The number of hydrogen-bond donors (Lipinski definition) is 2. The van der Waals surface area contributed by atoms with Crippen LogP contribution in [-0.4, -0.2) is 17.6 Å². The van der Waals surface area contributed by atoms with Crippen LogP contribution in [0.25, 0.3) is 0 Å². The van der Waals surface area contributed by atoms with E-state index in [0.29, 0.717) is 5.56 Å². The normalized spacial score (nSPS) is 10.4. The third kappa shape index (κ3) is 4.16. The number of rotatable bonds is 5. The van der Waals surface area contributed by atoms with Crippen molar-refractivity contribution < 1.29 is 9.90 Å². The van der Waals surface area contributed by atoms with E-state index >= 15 is 0 Å². The van der Waals surface area contributed by atoms with Crippen molar-refractivity contribution in [1.82, 2.24) is 0 Å². The number of aryl methyl sites for hydroxylation is 2. The van der Waals surface area contributed by atoms with E-state index in [1.54, 1.807) is 6.07 Å². The Morgan fingerprint density at radius 3 is 2.76 bits per heavy atom. The van der Waals surface area contributed by atoms with E-state index in [9.17, 15) is 4.79 Å². The molecular formula is C17H18BrNO2. The first kappa shape index (κ1) is 15.7. The zero-order valence-corrected chi connectivity index (χ0v) is 13.5. The van der Waals surface area contributed by atoms with Crippen LogP contribution in [0.3, 0.4) is 0 Å². The molecule has 2 N–H and O–H groups in total. The summed E-state index contributed by atoms with van der Waals surface area (Å²) in [5.41, 5.74) is 3.52. The number of aliphatic hydroxyl groups is 1. The highest BCUT2D eigenvalue weighted by molar-refractivity contribution is 9.10. The maximum atomic E-state index is 12.3.